The summed E-state index contributed by atoms with van der Waals surface area (Å²) < 4.78 is 0. The summed E-state index contributed by atoms with van der Waals surface area (Å²) in [6.45, 7) is 0. The van der Waals surface area contributed by atoms with Gasteiger partial charge >= 0.3 is 0 Å². The van der Waals surface area contributed by atoms with Crippen molar-refractivity contribution < 1.29 is 9.90 Å². The van der Waals surface area contributed by atoms with Crippen LogP contribution in [-0.4, -0.2) is 10.9 Å². The lowest BCUT2D eigenvalue weighted by molar-refractivity contribution is -0.120. The van der Waals surface area contributed by atoms with Crippen LogP contribution in [0.15, 0.2) is 54.3 Å². The molecule has 0 spiro atoms. The Morgan fingerprint density at radius 3 is 2.67 bits per heavy atom. The highest BCUT2D eigenvalue weighted by Crippen LogP contribution is 2.17. The molecule has 0 fully saturated rings. The van der Waals surface area contributed by atoms with Crippen LogP contribution in [0, 0.1) is 5.92 Å². The van der Waals surface area contributed by atoms with Crippen LogP contribution >= 0.6 is 0 Å². The zero-order valence-electron chi connectivity index (χ0n) is 8.26. The minimum atomic E-state index is -0.225. The molecule has 0 amide bonds. The van der Waals surface area contributed by atoms with Gasteiger partial charge in [-0.05, 0) is 18.1 Å². The van der Waals surface area contributed by atoms with Gasteiger partial charge in [-0.15, -0.1) is 0 Å². The molecule has 1 aromatic rings. The van der Waals surface area contributed by atoms with E-state index in [1.54, 1.807) is 6.08 Å². The van der Waals surface area contributed by atoms with Gasteiger partial charge in [0.25, 0.3) is 0 Å². The van der Waals surface area contributed by atoms with Gasteiger partial charge in [0.05, 0.1) is 0 Å². The van der Waals surface area contributed by atoms with Gasteiger partial charge in [-0.2, -0.15) is 0 Å². The Kier molecular flexibility index (Phi) is 2.68. The Morgan fingerprint density at radius 2 is 1.93 bits per heavy atom. The van der Waals surface area contributed by atoms with E-state index in [-0.39, 0.29) is 17.5 Å². The zero-order valence-corrected chi connectivity index (χ0v) is 8.26. The molecule has 0 heterocycles. The normalized spacial score (nSPS) is 20.1. The van der Waals surface area contributed by atoms with Crippen LogP contribution in [0.3, 0.4) is 0 Å². The molecule has 15 heavy (non-hydrogen) atoms. The van der Waals surface area contributed by atoms with Crippen molar-refractivity contribution in [2.75, 3.05) is 0 Å². The highest BCUT2D eigenvalue weighted by atomic mass is 16.3. The Bertz CT molecular complexity index is 415. The first-order chi connectivity index (χ1) is 7.27. The molecule has 1 aliphatic carbocycles. The fourth-order valence-electron chi connectivity index (χ4n) is 1.67. The molecule has 0 bridgehead atoms. The molecule has 1 aromatic carbocycles. The molecule has 0 saturated carbocycles. The number of ketones is 1. The van der Waals surface area contributed by atoms with E-state index >= 15 is 0 Å². The minimum absolute atomic E-state index is 0.140. The van der Waals surface area contributed by atoms with Gasteiger partial charge in [0.2, 0.25) is 5.78 Å². The molecule has 2 rings (SSSR count). The summed E-state index contributed by atoms with van der Waals surface area (Å²) in [6.07, 6.45) is 5.64. The third kappa shape index (κ3) is 2.15. The molecule has 0 saturated heterocycles. The van der Waals surface area contributed by atoms with E-state index in [0.717, 1.165) is 5.56 Å². The number of allylic oxidation sites excluding steroid dienone is 4. The van der Waals surface area contributed by atoms with Crippen molar-refractivity contribution in [3.8, 4) is 0 Å². The second-order valence-electron chi connectivity index (χ2n) is 3.60. The average molecular weight is 200 g/mol. The first kappa shape index (κ1) is 9.71. The van der Waals surface area contributed by atoms with E-state index < -0.39 is 0 Å². The molecule has 0 aliphatic heterocycles. The van der Waals surface area contributed by atoms with Crippen LogP contribution in [-0.2, 0) is 11.2 Å². The van der Waals surface area contributed by atoms with Gasteiger partial charge in [0.15, 0.2) is 5.76 Å². The molecule has 1 unspecified atom stereocenters. The molecule has 76 valence electrons. The maximum Gasteiger partial charge on any atom is 0.204 e. The third-order valence-electron chi connectivity index (χ3n) is 2.49. The molecular weight excluding hydrogens is 188 g/mol. The topological polar surface area (TPSA) is 37.3 Å². The first-order valence-corrected chi connectivity index (χ1v) is 4.93. The maximum atomic E-state index is 11.6. The number of carbonyl (C=O) groups is 1. The monoisotopic (exact) mass is 200 g/mol. The van der Waals surface area contributed by atoms with E-state index in [9.17, 15) is 9.90 Å². The molecule has 1 aliphatic rings. The predicted octanol–water partition coefficient (Wildman–Crippen LogP) is 2.43. The Morgan fingerprint density at radius 1 is 1.20 bits per heavy atom. The van der Waals surface area contributed by atoms with Gasteiger partial charge in [-0.25, -0.2) is 0 Å². The van der Waals surface area contributed by atoms with Crippen LogP contribution < -0.4 is 0 Å². The fraction of sp³-hybridized carbons (Fsp3) is 0.154. The van der Waals surface area contributed by atoms with Gasteiger partial charge in [0, 0.05) is 5.92 Å². The quantitative estimate of drug-likeness (QED) is 0.796. The van der Waals surface area contributed by atoms with Crippen molar-refractivity contribution in [2.24, 2.45) is 5.92 Å². The van der Waals surface area contributed by atoms with Crippen LogP contribution in [0.2, 0.25) is 0 Å². The van der Waals surface area contributed by atoms with Crippen LogP contribution in [0.25, 0.3) is 0 Å². The average Bonchev–Trinajstić information content (AvgIpc) is 2.26. The summed E-state index contributed by atoms with van der Waals surface area (Å²) in [5, 5.41) is 9.29. The van der Waals surface area contributed by atoms with Crippen LogP contribution in [0.1, 0.15) is 5.56 Å². The van der Waals surface area contributed by atoms with Gasteiger partial charge in [-0.1, -0.05) is 42.5 Å². The lowest BCUT2D eigenvalue weighted by atomic mass is 9.91. The van der Waals surface area contributed by atoms with E-state index in [1.165, 1.54) is 6.08 Å². The Labute approximate surface area is 88.6 Å². The summed E-state index contributed by atoms with van der Waals surface area (Å²) in [5.41, 5.74) is 1.11. The highest BCUT2D eigenvalue weighted by Gasteiger charge is 2.21. The smallest absolute Gasteiger partial charge is 0.204 e. The van der Waals surface area contributed by atoms with Crippen molar-refractivity contribution in [1.82, 2.24) is 0 Å². The molecule has 0 aromatic heterocycles. The number of benzene rings is 1. The standard InChI is InChI=1S/C13H12O2/c14-12-8-4-7-11(13(12)15)9-10-5-2-1-3-6-10/h1-8,11,14H,9H2. The van der Waals surface area contributed by atoms with E-state index in [1.807, 2.05) is 36.4 Å². The SMILES string of the molecule is O=C1C(O)=CC=CC1Cc1ccccc1. The summed E-state index contributed by atoms with van der Waals surface area (Å²) >= 11 is 0. The molecule has 2 heteroatoms. The minimum Gasteiger partial charge on any atom is -0.504 e. The molecule has 1 N–H and O–H groups in total. The summed E-state index contributed by atoms with van der Waals surface area (Å²) in [5.74, 6) is -0.558. The van der Waals surface area contributed by atoms with Gasteiger partial charge in [-0.3, -0.25) is 4.79 Å². The zero-order chi connectivity index (χ0) is 10.7. The second-order valence-corrected chi connectivity index (χ2v) is 3.60. The van der Waals surface area contributed by atoms with E-state index in [2.05, 4.69) is 0 Å². The van der Waals surface area contributed by atoms with E-state index in [4.69, 9.17) is 0 Å². The van der Waals surface area contributed by atoms with Gasteiger partial charge < -0.3 is 5.11 Å². The number of Topliss-reactive ketones (excluding diaryl/α,β-unsaturated/α-hetero) is 1. The largest absolute Gasteiger partial charge is 0.504 e. The number of hydrogen-bond donors (Lipinski definition) is 1. The molecular formula is C13H12O2. The van der Waals surface area contributed by atoms with Gasteiger partial charge in [0.1, 0.15) is 0 Å². The molecule has 2 nitrogen and oxygen atoms in total. The number of aliphatic hydroxyl groups excluding tert-OH is 1. The van der Waals surface area contributed by atoms with Crippen molar-refractivity contribution >= 4 is 5.78 Å². The lowest BCUT2D eigenvalue weighted by Crippen LogP contribution is -2.19. The molecule has 1 atom stereocenters. The van der Waals surface area contributed by atoms with Crippen molar-refractivity contribution in [3.05, 3.63) is 59.9 Å². The Balaban J connectivity index is 2.12. The van der Waals surface area contributed by atoms with Crippen molar-refractivity contribution in [2.45, 2.75) is 6.42 Å². The first-order valence-electron chi connectivity index (χ1n) is 4.93. The number of carbonyl (C=O) groups excluding carboxylic acids is 1. The molecule has 0 radical (unpaired) electrons. The predicted molar refractivity (Wildman–Crippen MR) is 58.5 cm³/mol. The Hall–Kier alpha value is -1.83. The van der Waals surface area contributed by atoms with Crippen molar-refractivity contribution in [3.63, 3.8) is 0 Å². The number of aliphatic hydroxyl groups is 1. The summed E-state index contributed by atoms with van der Waals surface area (Å²) in [4.78, 5) is 11.6. The van der Waals surface area contributed by atoms with E-state index in [0.29, 0.717) is 6.42 Å². The number of hydrogen-bond acceptors (Lipinski definition) is 2. The van der Waals surface area contributed by atoms with Crippen LogP contribution in [0.5, 0.6) is 0 Å². The highest BCUT2D eigenvalue weighted by molar-refractivity contribution is 5.97. The van der Waals surface area contributed by atoms with Crippen molar-refractivity contribution in [1.29, 1.82) is 0 Å². The van der Waals surface area contributed by atoms with Crippen LogP contribution in [0.4, 0.5) is 0 Å². The maximum absolute atomic E-state index is 11.6. The lowest BCUT2D eigenvalue weighted by Gasteiger charge is -2.13. The second kappa shape index (κ2) is 4.13. The summed E-state index contributed by atoms with van der Waals surface area (Å²) in [7, 11) is 0. The fourth-order valence-corrected chi connectivity index (χ4v) is 1.67. The summed E-state index contributed by atoms with van der Waals surface area (Å²) in [6, 6.07) is 9.80. The number of rotatable bonds is 2. The third-order valence-corrected chi connectivity index (χ3v) is 2.49.